The largest absolute Gasteiger partial charge is 0.394 e. The minimum absolute atomic E-state index is 0.00691. The van der Waals surface area contributed by atoms with E-state index in [0.29, 0.717) is 6.10 Å². The third-order valence-corrected chi connectivity index (χ3v) is 5.67. The predicted molar refractivity (Wildman–Crippen MR) is 76.2 cm³/mol. The molecule has 3 rings (SSSR count). The van der Waals surface area contributed by atoms with Gasteiger partial charge in [-0.15, -0.1) is 0 Å². The molecule has 1 aliphatic heterocycles. The van der Waals surface area contributed by atoms with Crippen LogP contribution in [0.4, 0.5) is 0 Å². The van der Waals surface area contributed by atoms with E-state index in [2.05, 4.69) is 5.32 Å². The zero-order valence-corrected chi connectivity index (χ0v) is 12.1. The number of hydrogen-bond acceptors (Lipinski definition) is 3. The van der Waals surface area contributed by atoms with Gasteiger partial charge in [0.2, 0.25) is 0 Å². The molecule has 3 fully saturated rings. The van der Waals surface area contributed by atoms with Crippen molar-refractivity contribution in [3.63, 3.8) is 0 Å². The molecule has 1 saturated heterocycles. The zero-order chi connectivity index (χ0) is 13.2. The van der Waals surface area contributed by atoms with Crippen LogP contribution in [0, 0.1) is 0 Å². The highest BCUT2D eigenvalue weighted by Crippen LogP contribution is 2.43. The summed E-state index contributed by atoms with van der Waals surface area (Å²) in [5.74, 6) is 0. The van der Waals surface area contributed by atoms with Crippen molar-refractivity contribution < 1.29 is 9.84 Å². The predicted octanol–water partition coefficient (Wildman–Crippen LogP) is 2.76. The lowest BCUT2D eigenvalue weighted by Crippen LogP contribution is -2.52. The second kappa shape index (κ2) is 5.71. The van der Waals surface area contributed by atoms with Crippen LogP contribution in [0.5, 0.6) is 0 Å². The first-order valence-electron chi connectivity index (χ1n) is 8.30. The van der Waals surface area contributed by atoms with E-state index in [0.717, 1.165) is 19.4 Å². The maximum absolute atomic E-state index is 9.72. The van der Waals surface area contributed by atoms with Gasteiger partial charge in [-0.05, 0) is 38.5 Å². The minimum atomic E-state index is -0.00691. The van der Waals surface area contributed by atoms with Gasteiger partial charge in [0.1, 0.15) is 0 Å². The highest BCUT2D eigenvalue weighted by Gasteiger charge is 2.42. The van der Waals surface area contributed by atoms with Gasteiger partial charge >= 0.3 is 0 Å². The fourth-order valence-electron chi connectivity index (χ4n) is 4.38. The normalized spacial score (nSPS) is 33.0. The van der Waals surface area contributed by atoms with Gasteiger partial charge in [-0.2, -0.15) is 0 Å². The summed E-state index contributed by atoms with van der Waals surface area (Å²) >= 11 is 0. The van der Waals surface area contributed by atoms with Gasteiger partial charge in [-0.25, -0.2) is 0 Å². The smallest absolute Gasteiger partial charge is 0.0708 e. The lowest BCUT2D eigenvalue weighted by Gasteiger charge is -2.37. The van der Waals surface area contributed by atoms with Crippen molar-refractivity contribution in [2.45, 2.75) is 87.9 Å². The Morgan fingerprint density at radius 2 is 1.63 bits per heavy atom. The highest BCUT2D eigenvalue weighted by atomic mass is 16.5. The molecule has 1 unspecified atom stereocenters. The number of aliphatic hydroxyl groups excluding tert-OH is 1. The number of hydrogen-bond donors (Lipinski definition) is 2. The van der Waals surface area contributed by atoms with Crippen molar-refractivity contribution in [2.75, 3.05) is 13.2 Å². The van der Waals surface area contributed by atoms with Crippen molar-refractivity contribution in [1.82, 2.24) is 5.32 Å². The van der Waals surface area contributed by atoms with E-state index in [1.54, 1.807) is 0 Å². The van der Waals surface area contributed by atoms with E-state index in [1.807, 2.05) is 0 Å². The van der Waals surface area contributed by atoms with Gasteiger partial charge < -0.3 is 15.2 Å². The molecule has 0 aromatic carbocycles. The fraction of sp³-hybridized carbons (Fsp3) is 1.00. The van der Waals surface area contributed by atoms with Gasteiger partial charge in [0, 0.05) is 12.1 Å². The maximum atomic E-state index is 9.72. The Labute approximate surface area is 117 Å². The lowest BCUT2D eigenvalue weighted by molar-refractivity contribution is -0.0397. The molecule has 1 spiro atoms. The van der Waals surface area contributed by atoms with Gasteiger partial charge in [-0.3, -0.25) is 0 Å². The summed E-state index contributed by atoms with van der Waals surface area (Å²) in [6.45, 7) is 1.22. The van der Waals surface area contributed by atoms with E-state index in [9.17, 15) is 5.11 Å². The first-order chi connectivity index (χ1) is 9.26. The van der Waals surface area contributed by atoms with E-state index < -0.39 is 0 Å². The Hall–Kier alpha value is -0.120. The molecule has 1 atom stereocenters. The zero-order valence-electron chi connectivity index (χ0n) is 12.1. The molecule has 2 saturated carbocycles. The summed E-state index contributed by atoms with van der Waals surface area (Å²) in [6, 6.07) is 0. The number of aliphatic hydroxyl groups is 1. The first kappa shape index (κ1) is 13.8. The quantitative estimate of drug-likeness (QED) is 0.823. The number of rotatable bonds is 4. The molecule has 3 nitrogen and oxygen atoms in total. The molecule has 2 N–H and O–H groups in total. The van der Waals surface area contributed by atoms with E-state index in [4.69, 9.17) is 4.74 Å². The summed E-state index contributed by atoms with van der Waals surface area (Å²) in [7, 11) is 0. The average Bonchev–Trinajstić information content (AvgIpc) is 3.08. The van der Waals surface area contributed by atoms with Gasteiger partial charge in [0.25, 0.3) is 0 Å². The van der Waals surface area contributed by atoms with Crippen LogP contribution in [-0.2, 0) is 4.74 Å². The third-order valence-electron chi connectivity index (χ3n) is 5.67. The molecule has 3 heteroatoms. The van der Waals surface area contributed by atoms with Gasteiger partial charge in [0.15, 0.2) is 0 Å². The SMILES string of the molecule is OCC1(NCC2CCC3(CCCC3)O2)CCCCC1. The molecule has 19 heavy (non-hydrogen) atoms. The van der Waals surface area contributed by atoms with Crippen molar-refractivity contribution >= 4 is 0 Å². The van der Waals surface area contributed by atoms with Crippen LogP contribution in [0.15, 0.2) is 0 Å². The molecule has 3 aliphatic rings. The first-order valence-corrected chi connectivity index (χ1v) is 8.30. The Kier molecular flexibility index (Phi) is 4.16. The Balaban J connectivity index is 1.49. The monoisotopic (exact) mass is 267 g/mol. The second-order valence-electron chi connectivity index (χ2n) is 7.05. The molecule has 0 amide bonds. The van der Waals surface area contributed by atoms with E-state index in [-0.39, 0.29) is 17.7 Å². The summed E-state index contributed by atoms with van der Waals surface area (Å²) in [5.41, 5.74) is 0.234. The maximum Gasteiger partial charge on any atom is 0.0708 e. The van der Waals surface area contributed by atoms with Crippen LogP contribution in [0.3, 0.4) is 0 Å². The summed E-state index contributed by atoms with van der Waals surface area (Å²) < 4.78 is 6.35. The standard InChI is InChI=1S/C16H29NO2/c18-13-15(7-2-1-3-8-15)17-12-14-6-11-16(19-14)9-4-5-10-16/h14,17-18H,1-13H2. The van der Waals surface area contributed by atoms with Crippen LogP contribution < -0.4 is 5.32 Å². The van der Waals surface area contributed by atoms with Gasteiger partial charge in [-0.1, -0.05) is 32.1 Å². The van der Waals surface area contributed by atoms with Crippen LogP contribution >= 0.6 is 0 Å². The number of nitrogens with one attached hydrogen (secondary N) is 1. The van der Waals surface area contributed by atoms with Crippen molar-refractivity contribution in [3.05, 3.63) is 0 Å². The van der Waals surface area contributed by atoms with Crippen LogP contribution in [-0.4, -0.2) is 35.5 Å². The third kappa shape index (κ3) is 2.98. The Morgan fingerprint density at radius 3 is 2.32 bits per heavy atom. The molecular formula is C16H29NO2. The summed E-state index contributed by atoms with van der Waals surface area (Å²) in [5, 5.41) is 13.4. The van der Waals surface area contributed by atoms with Crippen molar-refractivity contribution in [2.24, 2.45) is 0 Å². The van der Waals surface area contributed by atoms with Crippen molar-refractivity contribution in [1.29, 1.82) is 0 Å². The van der Waals surface area contributed by atoms with E-state index in [1.165, 1.54) is 57.8 Å². The molecular weight excluding hydrogens is 238 g/mol. The Bertz CT molecular complexity index is 293. The molecule has 110 valence electrons. The highest BCUT2D eigenvalue weighted by molar-refractivity contribution is 4.96. The van der Waals surface area contributed by atoms with Crippen LogP contribution in [0.2, 0.25) is 0 Å². The van der Waals surface area contributed by atoms with Crippen LogP contribution in [0.1, 0.15) is 70.6 Å². The molecule has 2 aliphatic carbocycles. The number of ether oxygens (including phenoxy) is 1. The average molecular weight is 267 g/mol. The lowest BCUT2D eigenvalue weighted by atomic mass is 9.82. The fourth-order valence-corrected chi connectivity index (χ4v) is 4.38. The second-order valence-corrected chi connectivity index (χ2v) is 7.05. The molecule has 1 heterocycles. The summed E-state index contributed by atoms with van der Waals surface area (Å²) in [6.07, 6.45) is 14.2. The minimum Gasteiger partial charge on any atom is -0.394 e. The molecule has 0 radical (unpaired) electrons. The van der Waals surface area contributed by atoms with Crippen molar-refractivity contribution in [3.8, 4) is 0 Å². The topological polar surface area (TPSA) is 41.5 Å². The molecule has 0 aromatic rings. The molecule has 0 aromatic heterocycles. The molecule has 0 bridgehead atoms. The van der Waals surface area contributed by atoms with Gasteiger partial charge in [0.05, 0.1) is 18.3 Å². The van der Waals surface area contributed by atoms with Crippen LogP contribution in [0.25, 0.3) is 0 Å². The summed E-state index contributed by atoms with van der Waals surface area (Å²) in [4.78, 5) is 0. The Morgan fingerprint density at radius 1 is 0.947 bits per heavy atom. The van der Waals surface area contributed by atoms with E-state index >= 15 is 0 Å².